The van der Waals surface area contributed by atoms with Gasteiger partial charge in [0.05, 0.1) is 19.3 Å². The number of ether oxygens (including phenoxy) is 2. The number of anilines is 1. The van der Waals surface area contributed by atoms with Crippen LogP contribution in [0.2, 0.25) is 0 Å². The second-order valence-corrected chi connectivity index (χ2v) is 8.37. The first-order chi connectivity index (χ1) is 14.1. The molecule has 0 aliphatic carbocycles. The number of benzene rings is 1. The van der Waals surface area contributed by atoms with Crippen molar-refractivity contribution in [1.82, 2.24) is 15.0 Å². The monoisotopic (exact) mass is 400 g/mol. The molecule has 0 radical (unpaired) electrons. The number of methoxy groups -OCH3 is 1. The Hall–Kier alpha value is -2.12. The van der Waals surface area contributed by atoms with Crippen LogP contribution in [-0.2, 0) is 4.74 Å². The van der Waals surface area contributed by atoms with E-state index in [2.05, 4.69) is 33.8 Å². The number of hydrogen-bond donors (Lipinski definition) is 0. The fraction of sp³-hybridized carbons (Fsp3) is 0.636. The van der Waals surface area contributed by atoms with Crippen molar-refractivity contribution in [1.29, 1.82) is 0 Å². The summed E-state index contributed by atoms with van der Waals surface area (Å²) in [7, 11) is 1.66. The normalized spacial score (nSPS) is 24.0. The van der Waals surface area contributed by atoms with Gasteiger partial charge in [0.25, 0.3) is 0 Å². The number of piperidine rings is 1. The molecule has 29 heavy (non-hydrogen) atoms. The van der Waals surface area contributed by atoms with Crippen molar-refractivity contribution in [3.05, 3.63) is 24.3 Å². The van der Waals surface area contributed by atoms with Crippen LogP contribution in [0, 0.1) is 5.92 Å². The Morgan fingerprint density at radius 2 is 1.90 bits per heavy atom. The molecule has 0 bridgehead atoms. The van der Waals surface area contributed by atoms with Gasteiger partial charge in [-0.1, -0.05) is 17.3 Å². The van der Waals surface area contributed by atoms with Crippen LogP contribution in [0.1, 0.15) is 33.1 Å². The van der Waals surface area contributed by atoms with Crippen LogP contribution in [0.4, 0.5) is 6.01 Å². The molecule has 2 unspecified atom stereocenters. The number of morpholine rings is 1. The lowest BCUT2D eigenvalue weighted by Crippen LogP contribution is -2.46. The fourth-order valence-electron chi connectivity index (χ4n) is 4.47. The third-order valence-electron chi connectivity index (χ3n) is 5.98. The molecule has 2 aromatic rings. The van der Waals surface area contributed by atoms with Crippen LogP contribution >= 0.6 is 0 Å². The molecular weight excluding hydrogens is 368 g/mol. The van der Waals surface area contributed by atoms with Crippen LogP contribution in [0.25, 0.3) is 11.4 Å². The summed E-state index contributed by atoms with van der Waals surface area (Å²) < 4.78 is 16.7. The van der Waals surface area contributed by atoms with Gasteiger partial charge in [-0.3, -0.25) is 4.90 Å². The summed E-state index contributed by atoms with van der Waals surface area (Å²) in [5.41, 5.74) is 0.906. The minimum absolute atomic E-state index is 0.344. The summed E-state index contributed by atoms with van der Waals surface area (Å²) in [5.74, 6) is 2.16. The summed E-state index contributed by atoms with van der Waals surface area (Å²) >= 11 is 0. The SMILES string of the molecule is COc1cccc(-c2noc(N3CCC(CCN4CC(C)OC(C)C4)CC3)n2)c1. The summed E-state index contributed by atoms with van der Waals surface area (Å²) in [6.45, 7) is 9.57. The highest BCUT2D eigenvalue weighted by molar-refractivity contribution is 5.58. The van der Waals surface area contributed by atoms with E-state index >= 15 is 0 Å². The maximum absolute atomic E-state index is 5.84. The molecule has 2 fully saturated rings. The van der Waals surface area contributed by atoms with Gasteiger partial charge >= 0.3 is 6.01 Å². The highest BCUT2D eigenvalue weighted by atomic mass is 16.5. The van der Waals surface area contributed by atoms with E-state index in [-0.39, 0.29) is 0 Å². The molecule has 2 saturated heterocycles. The Kier molecular flexibility index (Phi) is 6.35. The predicted octanol–water partition coefficient (Wildman–Crippen LogP) is 3.46. The van der Waals surface area contributed by atoms with E-state index in [4.69, 9.17) is 14.0 Å². The Morgan fingerprint density at radius 1 is 1.14 bits per heavy atom. The molecule has 7 nitrogen and oxygen atoms in total. The fourth-order valence-corrected chi connectivity index (χ4v) is 4.47. The van der Waals surface area contributed by atoms with Crippen molar-refractivity contribution in [3.8, 4) is 17.1 Å². The van der Waals surface area contributed by atoms with Gasteiger partial charge in [0.1, 0.15) is 5.75 Å². The van der Waals surface area contributed by atoms with Crippen LogP contribution < -0.4 is 9.64 Å². The number of hydrogen-bond acceptors (Lipinski definition) is 7. The lowest BCUT2D eigenvalue weighted by Gasteiger charge is -2.37. The van der Waals surface area contributed by atoms with Crippen molar-refractivity contribution < 1.29 is 14.0 Å². The Labute approximate surface area is 173 Å². The van der Waals surface area contributed by atoms with E-state index in [1.807, 2.05) is 24.3 Å². The summed E-state index contributed by atoms with van der Waals surface area (Å²) in [5, 5.41) is 4.17. The number of rotatable bonds is 6. The average Bonchev–Trinajstić information content (AvgIpc) is 3.22. The molecule has 0 amide bonds. The Balaban J connectivity index is 1.27. The molecule has 1 aromatic heterocycles. The summed E-state index contributed by atoms with van der Waals surface area (Å²) in [4.78, 5) is 9.38. The van der Waals surface area contributed by atoms with Gasteiger partial charge in [0, 0.05) is 31.7 Å². The maximum Gasteiger partial charge on any atom is 0.324 e. The van der Waals surface area contributed by atoms with Gasteiger partial charge in [-0.15, -0.1) is 0 Å². The average molecular weight is 401 g/mol. The molecule has 0 saturated carbocycles. The molecule has 3 heterocycles. The molecule has 0 spiro atoms. The van der Waals surface area contributed by atoms with Crippen molar-refractivity contribution in [3.63, 3.8) is 0 Å². The van der Waals surface area contributed by atoms with Crippen molar-refractivity contribution >= 4 is 6.01 Å². The minimum atomic E-state index is 0.344. The van der Waals surface area contributed by atoms with Gasteiger partial charge in [-0.05, 0) is 57.7 Å². The number of aromatic nitrogens is 2. The third kappa shape index (κ3) is 5.08. The van der Waals surface area contributed by atoms with Crippen molar-refractivity contribution in [2.75, 3.05) is 44.7 Å². The lowest BCUT2D eigenvalue weighted by molar-refractivity contribution is -0.0691. The molecule has 158 valence electrons. The molecule has 2 aliphatic rings. The van der Waals surface area contributed by atoms with Crippen LogP contribution in [-0.4, -0.2) is 67.1 Å². The molecule has 1 aromatic carbocycles. The van der Waals surface area contributed by atoms with E-state index < -0.39 is 0 Å². The molecule has 7 heteroatoms. The highest BCUT2D eigenvalue weighted by Crippen LogP contribution is 2.27. The van der Waals surface area contributed by atoms with E-state index in [0.29, 0.717) is 24.0 Å². The zero-order valence-electron chi connectivity index (χ0n) is 17.7. The van der Waals surface area contributed by atoms with Gasteiger partial charge in [0.2, 0.25) is 5.82 Å². The standard InChI is InChI=1S/C22H32N4O3/c1-16-14-25(15-17(2)28-16)10-7-18-8-11-26(12-9-18)22-23-21(24-29-22)19-5-4-6-20(13-19)27-3/h4-6,13,16-18H,7-12,14-15H2,1-3H3. The Bertz CT molecular complexity index is 778. The molecular formula is C22H32N4O3. The van der Waals surface area contributed by atoms with Crippen LogP contribution in [0.3, 0.4) is 0 Å². The summed E-state index contributed by atoms with van der Waals surface area (Å²) in [6, 6.07) is 8.36. The van der Waals surface area contributed by atoms with Crippen molar-refractivity contribution in [2.24, 2.45) is 5.92 Å². The molecule has 0 N–H and O–H groups in total. The topological polar surface area (TPSA) is 63.9 Å². The molecule has 2 aliphatic heterocycles. The van der Waals surface area contributed by atoms with E-state index in [1.54, 1.807) is 7.11 Å². The molecule has 2 atom stereocenters. The second-order valence-electron chi connectivity index (χ2n) is 8.37. The van der Waals surface area contributed by atoms with Crippen LogP contribution in [0.15, 0.2) is 28.8 Å². The highest BCUT2D eigenvalue weighted by Gasteiger charge is 2.26. The lowest BCUT2D eigenvalue weighted by atomic mass is 9.93. The van der Waals surface area contributed by atoms with Gasteiger partial charge < -0.3 is 18.9 Å². The first kappa shape index (κ1) is 20.2. The first-order valence-corrected chi connectivity index (χ1v) is 10.7. The predicted molar refractivity (Wildman–Crippen MR) is 112 cm³/mol. The minimum Gasteiger partial charge on any atom is -0.497 e. The zero-order chi connectivity index (χ0) is 20.2. The molecule has 4 rings (SSSR count). The van der Waals surface area contributed by atoms with Crippen molar-refractivity contribution in [2.45, 2.75) is 45.3 Å². The second kappa shape index (κ2) is 9.13. The zero-order valence-corrected chi connectivity index (χ0v) is 17.7. The van der Waals surface area contributed by atoms with E-state index in [0.717, 1.165) is 43.4 Å². The van der Waals surface area contributed by atoms with E-state index in [9.17, 15) is 0 Å². The number of nitrogens with zero attached hydrogens (tertiary/aromatic N) is 4. The smallest absolute Gasteiger partial charge is 0.324 e. The maximum atomic E-state index is 5.84. The summed E-state index contributed by atoms with van der Waals surface area (Å²) in [6.07, 6.45) is 4.29. The largest absolute Gasteiger partial charge is 0.497 e. The quantitative estimate of drug-likeness (QED) is 0.736. The van der Waals surface area contributed by atoms with Gasteiger partial charge in [-0.2, -0.15) is 4.98 Å². The van der Waals surface area contributed by atoms with E-state index in [1.165, 1.54) is 25.8 Å². The first-order valence-electron chi connectivity index (χ1n) is 10.7. The van der Waals surface area contributed by atoms with Gasteiger partial charge in [0.15, 0.2) is 0 Å². The Morgan fingerprint density at radius 3 is 2.62 bits per heavy atom. The third-order valence-corrected chi connectivity index (χ3v) is 5.98. The van der Waals surface area contributed by atoms with Gasteiger partial charge in [-0.25, -0.2) is 0 Å². The van der Waals surface area contributed by atoms with Crippen LogP contribution in [0.5, 0.6) is 5.75 Å².